The van der Waals surface area contributed by atoms with E-state index in [1.54, 1.807) is 18.2 Å². The predicted octanol–water partition coefficient (Wildman–Crippen LogP) is 11.5. The molecule has 0 bridgehead atoms. The Balaban J connectivity index is 1.35. The van der Waals surface area contributed by atoms with Crippen molar-refractivity contribution in [3.8, 4) is 17.2 Å². The summed E-state index contributed by atoms with van der Waals surface area (Å²) in [5.41, 5.74) is 2.11. The number of carbonyl (C=O) groups is 2. The summed E-state index contributed by atoms with van der Waals surface area (Å²) in [5.74, 6) is -0.125. The molecule has 9 nitrogen and oxygen atoms in total. The van der Waals surface area contributed by atoms with Crippen molar-refractivity contribution in [1.82, 2.24) is 4.98 Å². The first-order valence-electron chi connectivity index (χ1n) is 21.3. The molecule has 1 atom stereocenters. The second-order valence-corrected chi connectivity index (χ2v) is 14.9. The van der Waals surface area contributed by atoms with Gasteiger partial charge in [0.2, 0.25) is 0 Å². The van der Waals surface area contributed by atoms with E-state index in [4.69, 9.17) is 23.4 Å². The van der Waals surface area contributed by atoms with Crippen LogP contribution in [0, 0.1) is 6.92 Å². The van der Waals surface area contributed by atoms with Gasteiger partial charge in [-0.05, 0) is 49.9 Å². The second kappa shape index (κ2) is 28.2. The quantitative estimate of drug-likeness (QED) is 0.0266. The summed E-state index contributed by atoms with van der Waals surface area (Å²) in [4.78, 5) is 41.6. The molecule has 0 saturated carbocycles. The van der Waals surface area contributed by atoms with Crippen LogP contribution in [0.5, 0.6) is 5.75 Å². The SMILES string of the molecule is CCCCCCCCCCCCOCC(COC(=O)CCCC(=O)Oc1cc2oc3cc(=O)ccc-3nc2cc1C)OCCCCCCCCCCCC. The topological polar surface area (TPSA) is 114 Å². The van der Waals surface area contributed by atoms with Gasteiger partial charge in [-0.1, -0.05) is 129 Å². The highest BCUT2D eigenvalue weighted by atomic mass is 16.6. The molecule has 0 radical (unpaired) electrons. The van der Waals surface area contributed by atoms with Crippen LogP contribution in [-0.4, -0.2) is 49.5 Å². The van der Waals surface area contributed by atoms with Crippen LogP contribution in [0.4, 0.5) is 0 Å². The molecule has 0 fully saturated rings. The van der Waals surface area contributed by atoms with Crippen molar-refractivity contribution in [3.05, 3.63) is 46.1 Å². The molecule has 1 aromatic rings. The number of benzene rings is 2. The molecule has 3 rings (SSSR count). The van der Waals surface area contributed by atoms with Gasteiger partial charge in [0.15, 0.2) is 16.8 Å². The molecule has 0 spiro atoms. The fourth-order valence-electron chi connectivity index (χ4n) is 6.55. The summed E-state index contributed by atoms with van der Waals surface area (Å²) in [6.07, 6.45) is 25.6. The van der Waals surface area contributed by atoms with Crippen molar-refractivity contribution < 1.29 is 33.0 Å². The van der Waals surface area contributed by atoms with Crippen molar-refractivity contribution in [2.75, 3.05) is 26.4 Å². The maximum atomic E-state index is 12.7. The Morgan fingerprint density at radius 2 is 1.24 bits per heavy atom. The van der Waals surface area contributed by atoms with Crippen LogP contribution >= 0.6 is 0 Å². The van der Waals surface area contributed by atoms with Crippen molar-refractivity contribution in [2.24, 2.45) is 0 Å². The highest BCUT2D eigenvalue weighted by Crippen LogP contribution is 2.29. The lowest BCUT2D eigenvalue weighted by molar-refractivity contribution is -0.150. The summed E-state index contributed by atoms with van der Waals surface area (Å²) >= 11 is 0. The fourth-order valence-corrected chi connectivity index (χ4v) is 6.55. The predicted molar refractivity (Wildman–Crippen MR) is 216 cm³/mol. The Hall–Kier alpha value is -3.30. The number of ether oxygens (including phenoxy) is 4. The summed E-state index contributed by atoms with van der Waals surface area (Å²) in [6, 6.07) is 7.83. The van der Waals surface area contributed by atoms with E-state index in [0.29, 0.717) is 54.5 Å². The Kier molecular flexibility index (Phi) is 23.5. The number of carbonyl (C=O) groups excluding carboxylic acids is 2. The number of hydrogen-bond donors (Lipinski definition) is 0. The molecule has 1 unspecified atom stereocenters. The van der Waals surface area contributed by atoms with Gasteiger partial charge in [0.05, 0.1) is 6.61 Å². The van der Waals surface area contributed by atoms with Crippen molar-refractivity contribution in [3.63, 3.8) is 0 Å². The molecule has 1 aliphatic heterocycles. The zero-order chi connectivity index (χ0) is 38.6. The van der Waals surface area contributed by atoms with Crippen LogP contribution in [0.2, 0.25) is 0 Å². The Morgan fingerprint density at radius 3 is 1.87 bits per heavy atom. The molecule has 9 heteroatoms. The molecule has 1 heterocycles. The zero-order valence-electron chi connectivity index (χ0n) is 33.8. The van der Waals surface area contributed by atoms with Gasteiger partial charge in [-0.2, -0.15) is 0 Å². The number of aryl methyl sites for hydroxylation is 1. The molecular formula is C45H69NO8. The van der Waals surface area contributed by atoms with Gasteiger partial charge in [-0.25, -0.2) is 4.98 Å². The number of unbranched alkanes of at least 4 members (excludes halogenated alkanes) is 18. The summed E-state index contributed by atoms with van der Waals surface area (Å²) in [6.45, 7) is 8.17. The normalized spacial score (nSPS) is 12.1. The van der Waals surface area contributed by atoms with Crippen molar-refractivity contribution in [2.45, 2.75) is 175 Å². The van der Waals surface area contributed by atoms with Crippen LogP contribution in [0.3, 0.4) is 0 Å². The summed E-state index contributed by atoms with van der Waals surface area (Å²) in [5, 5.41) is 0. The molecule has 0 amide bonds. The first-order chi connectivity index (χ1) is 26.4. The molecule has 0 N–H and O–H groups in total. The third kappa shape index (κ3) is 19.3. The minimum atomic E-state index is -0.459. The molecule has 2 aliphatic rings. The third-order valence-corrected chi connectivity index (χ3v) is 9.86. The standard InChI is InChI=1S/C45H69NO8/c1-4-6-8-10-12-14-16-18-20-22-29-50-34-38(51-30-23-21-19-17-15-13-11-9-7-5-2)35-52-44(48)25-24-26-45(49)54-41-33-43-40(31-36(41)3)46-39-28-27-37(47)32-42(39)53-43/h27-28,31-33,38H,4-26,29-30,34-35H2,1-3H3. The van der Waals surface area contributed by atoms with E-state index in [2.05, 4.69) is 18.8 Å². The molecule has 54 heavy (non-hydrogen) atoms. The maximum absolute atomic E-state index is 12.7. The average Bonchev–Trinajstić information content (AvgIpc) is 3.15. The zero-order valence-corrected chi connectivity index (χ0v) is 33.8. The van der Waals surface area contributed by atoms with Crippen molar-refractivity contribution >= 4 is 23.0 Å². The largest absolute Gasteiger partial charge is 0.463 e. The first kappa shape index (κ1) is 45.1. The van der Waals surface area contributed by atoms with Crippen molar-refractivity contribution in [1.29, 1.82) is 0 Å². The first-order valence-corrected chi connectivity index (χ1v) is 21.3. The van der Waals surface area contributed by atoms with E-state index in [1.165, 1.54) is 121 Å². The Labute approximate surface area is 324 Å². The smallest absolute Gasteiger partial charge is 0.311 e. The van der Waals surface area contributed by atoms with Gasteiger partial charge < -0.3 is 23.4 Å². The minimum absolute atomic E-state index is 0.0554. The van der Waals surface area contributed by atoms with Gasteiger partial charge in [0.1, 0.15) is 29.7 Å². The molecule has 1 aromatic carbocycles. The number of hydrogen-bond acceptors (Lipinski definition) is 9. The van der Waals surface area contributed by atoms with E-state index in [-0.39, 0.29) is 37.0 Å². The molecule has 0 aromatic heterocycles. The van der Waals surface area contributed by atoms with Crippen LogP contribution in [-0.2, 0) is 23.8 Å². The van der Waals surface area contributed by atoms with Gasteiger partial charge in [-0.15, -0.1) is 0 Å². The summed E-state index contributed by atoms with van der Waals surface area (Å²) < 4.78 is 29.2. The van der Waals surface area contributed by atoms with E-state index >= 15 is 0 Å². The Bertz CT molecular complexity index is 1490. The van der Waals surface area contributed by atoms with E-state index in [9.17, 15) is 14.4 Å². The number of rotatable bonds is 32. The van der Waals surface area contributed by atoms with Crippen LogP contribution in [0.15, 0.2) is 39.5 Å². The lowest BCUT2D eigenvalue weighted by atomic mass is 10.1. The van der Waals surface area contributed by atoms with Crippen LogP contribution in [0.25, 0.3) is 22.6 Å². The minimum Gasteiger partial charge on any atom is -0.463 e. The Morgan fingerprint density at radius 1 is 0.667 bits per heavy atom. The van der Waals surface area contributed by atoms with Gasteiger partial charge in [0, 0.05) is 38.2 Å². The highest BCUT2D eigenvalue weighted by molar-refractivity contribution is 5.81. The van der Waals surface area contributed by atoms with Gasteiger partial charge in [0.25, 0.3) is 0 Å². The number of esters is 2. The van der Waals surface area contributed by atoms with Gasteiger partial charge >= 0.3 is 11.9 Å². The monoisotopic (exact) mass is 752 g/mol. The third-order valence-electron chi connectivity index (χ3n) is 9.86. The number of fused-ring (bicyclic) bond motifs is 2. The fraction of sp³-hybridized carbons (Fsp3) is 0.689. The van der Waals surface area contributed by atoms with Crippen LogP contribution < -0.4 is 10.2 Å². The van der Waals surface area contributed by atoms with E-state index < -0.39 is 5.97 Å². The highest BCUT2D eigenvalue weighted by Gasteiger charge is 2.16. The maximum Gasteiger partial charge on any atom is 0.311 e. The molecular weight excluding hydrogens is 682 g/mol. The lowest BCUT2D eigenvalue weighted by Gasteiger charge is -2.18. The van der Waals surface area contributed by atoms with Crippen LogP contribution in [0.1, 0.15) is 167 Å². The number of aromatic nitrogens is 1. The molecule has 0 saturated heterocycles. The lowest BCUT2D eigenvalue weighted by Crippen LogP contribution is -2.28. The van der Waals surface area contributed by atoms with E-state index in [0.717, 1.165) is 24.8 Å². The number of nitrogens with zero attached hydrogens (tertiary/aromatic N) is 1. The second-order valence-electron chi connectivity index (χ2n) is 14.9. The summed E-state index contributed by atoms with van der Waals surface area (Å²) in [7, 11) is 0. The molecule has 1 aliphatic carbocycles. The van der Waals surface area contributed by atoms with E-state index in [1.807, 2.05) is 6.92 Å². The average molecular weight is 752 g/mol. The van der Waals surface area contributed by atoms with Gasteiger partial charge in [-0.3, -0.25) is 14.4 Å². The molecule has 302 valence electrons.